The van der Waals surface area contributed by atoms with E-state index in [0.29, 0.717) is 13.0 Å². The van der Waals surface area contributed by atoms with Gasteiger partial charge in [-0.05, 0) is 49.5 Å². The number of nitrogens with zero attached hydrogens (tertiary/aromatic N) is 1. The number of rotatable bonds is 7. The molecule has 128 valence electrons. The van der Waals surface area contributed by atoms with Gasteiger partial charge >= 0.3 is 0 Å². The van der Waals surface area contributed by atoms with Gasteiger partial charge in [0.2, 0.25) is 5.91 Å². The molecule has 2 aromatic rings. The molecule has 1 fully saturated rings. The lowest BCUT2D eigenvalue weighted by Gasteiger charge is -2.26. The number of carbonyl (C=O) groups excluding carboxylic acids is 1. The fourth-order valence-corrected chi connectivity index (χ4v) is 3.40. The van der Waals surface area contributed by atoms with Gasteiger partial charge in [0.1, 0.15) is 5.76 Å². The van der Waals surface area contributed by atoms with E-state index in [4.69, 9.17) is 4.42 Å². The minimum Gasteiger partial charge on any atom is -0.468 e. The Kier molecular flexibility index (Phi) is 5.70. The SMILES string of the molecule is CC(CC(=O)NCC(c1ccco1)N1CCCC1)c1ccccc1. The van der Waals surface area contributed by atoms with Crippen molar-refractivity contribution < 1.29 is 9.21 Å². The van der Waals surface area contributed by atoms with Crippen LogP contribution in [0.1, 0.15) is 49.5 Å². The summed E-state index contributed by atoms with van der Waals surface area (Å²) in [4.78, 5) is 14.8. The summed E-state index contributed by atoms with van der Waals surface area (Å²) >= 11 is 0. The maximum atomic E-state index is 12.4. The van der Waals surface area contributed by atoms with Crippen LogP contribution in [0.15, 0.2) is 53.1 Å². The molecule has 4 nitrogen and oxygen atoms in total. The molecule has 1 aromatic heterocycles. The van der Waals surface area contributed by atoms with Crippen molar-refractivity contribution in [2.45, 2.75) is 38.1 Å². The summed E-state index contributed by atoms with van der Waals surface area (Å²) in [6.45, 7) is 4.84. The monoisotopic (exact) mass is 326 g/mol. The lowest BCUT2D eigenvalue weighted by molar-refractivity contribution is -0.121. The highest BCUT2D eigenvalue weighted by molar-refractivity contribution is 5.76. The van der Waals surface area contributed by atoms with Crippen LogP contribution < -0.4 is 5.32 Å². The zero-order chi connectivity index (χ0) is 16.8. The molecule has 0 spiro atoms. The summed E-state index contributed by atoms with van der Waals surface area (Å²) in [6.07, 6.45) is 4.65. The van der Waals surface area contributed by atoms with Crippen molar-refractivity contribution in [2.24, 2.45) is 0 Å². The number of furan rings is 1. The van der Waals surface area contributed by atoms with Gasteiger partial charge in [0.25, 0.3) is 0 Å². The quantitative estimate of drug-likeness (QED) is 0.843. The molecule has 1 N–H and O–H groups in total. The van der Waals surface area contributed by atoms with Crippen LogP contribution in [0.25, 0.3) is 0 Å². The number of benzene rings is 1. The average Bonchev–Trinajstić information content (AvgIpc) is 3.30. The minimum atomic E-state index is 0.0992. The van der Waals surface area contributed by atoms with Crippen molar-refractivity contribution in [2.75, 3.05) is 19.6 Å². The number of nitrogens with one attached hydrogen (secondary N) is 1. The van der Waals surface area contributed by atoms with E-state index in [-0.39, 0.29) is 17.9 Å². The van der Waals surface area contributed by atoms with Crippen molar-refractivity contribution in [3.05, 3.63) is 60.1 Å². The molecule has 24 heavy (non-hydrogen) atoms. The topological polar surface area (TPSA) is 45.5 Å². The Hall–Kier alpha value is -2.07. The van der Waals surface area contributed by atoms with Crippen molar-refractivity contribution in [1.82, 2.24) is 10.2 Å². The largest absolute Gasteiger partial charge is 0.468 e. The number of amides is 1. The van der Waals surface area contributed by atoms with Gasteiger partial charge in [-0.15, -0.1) is 0 Å². The first-order valence-corrected chi connectivity index (χ1v) is 8.83. The highest BCUT2D eigenvalue weighted by Gasteiger charge is 2.26. The first-order chi connectivity index (χ1) is 11.7. The molecule has 2 atom stereocenters. The molecule has 2 heterocycles. The molecule has 0 aliphatic carbocycles. The van der Waals surface area contributed by atoms with Crippen LogP contribution in [-0.2, 0) is 4.79 Å². The third-order valence-electron chi connectivity index (χ3n) is 4.81. The summed E-state index contributed by atoms with van der Waals surface area (Å²) in [7, 11) is 0. The fraction of sp³-hybridized carbons (Fsp3) is 0.450. The molecule has 0 saturated carbocycles. The standard InChI is InChI=1S/C20H26N2O2/c1-16(17-8-3-2-4-9-17)14-20(23)21-15-18(19-10-7-13-24-19)22-11-5-6-12-22/h2-4,7-10,13,16,18H,5-6,11-12,14-15H2,1H3,(H,21,23). The smallest absolute Gasteiger partial charge is 0.220 e. The Balaban J connectivity index is 1.55. The highest BCUT2D eigenvalue weighted by Crippen LogP contribution is 2.25. The van der Waals surface area contributed by atoms with E-state index in [1.807, 2.05) is 30.3 Å². The van der Waals surface area contributed by atoms with E-state index in [1.165, 1.54) is 18.4 Å². The molecule has 4 heteroatoms. The molecule has 3 rings (SSSR count). The van der Waals surface area contributed by atoms with E-state index in [0.717, 1.165) is 18.8 Å². The highest BCUT2D eigenvalue weighted by atomic mass is 16.3. The zero-order valence-electron chi connectivity index (χ0n) is 14.3. The summed E-state index contributed by atoms with van der Waals surface area (Å²) in [5, 5.41) is 3.11. The second kappa shape index (κ2) is 8.15. The van der Waals surface area contributed by atoms with E-state index in [1.54, 1.807) is 6.26 Å². The lowest BCUT2D eigenvalue weighted by Crippen LogP contribution is -2.36. The van der Waals surface area contributed by atoms with Crippen molar-refractivity contribution in [1.29, 1.82) is 0 Å². The van der Waals surface area contributed by atoms with Gasteiger partial charge in [-0.3, -0.25) is 9.69 Å². The summed E-state index contributed by atoms with van der Waals surface area (Å²) in [5.41, 5.74) is 1.20. The van der Waals surface area contributed by atoms with Crippen molar-refractivity contribution >= 4 is 5.91 Å². The van der Waals surface area contributed by atoms with Crippen LogP contribution in [0.2, 0.25) is 0 Å². The Bertz CT molecular complexity index is 618. The summed E-state index contributed by atoms with van der Waals surface area (Å²) < 4.78 is 5.60. The maximum Gasteiger partial charge on any atom is 0.220 e. The van der Waals surface area contributed by atoms with Gasteiger partial charge in [-0.1, -0.05) is 37.3 Å². The van der Waals surface area contributed by atoms with Gasteiger partial charge in [0.15, 0.2) is 0 Å². The molecule has 1 amide bonds. The van der Waals surface area contributed by atoms with Gasteiger partial charge < -0.3 is 9.73 Å². The molecular formula is C20H26N2O2. The molecule has 1 aliphatic rings. The molecule has 0 radical (unpaired) electrons. The van der Waals surface area contributed by atoms with Gasteiger partial charge in [0, 0.05) is 13.0 Å². The number of likely N-dealkylation sites (tertiary alicyclic amines) is 1. The van der Waals surface area contributed by atoms with Gasteiger partial charge in [-0.25, -0.2) is 0 Å². The Labute approximate surface area is 143 Å². The second-order valence-electron chi connectivity index (χ2n) is 6.59. The first kappa shape index (κ1) is 16.8. The summed E-state index contributed by atoms with van der Waals surface area (Å²) in [5.74, 6) is 1.26. The van der Waals surface area contributed by atoms with E-state index >= 15 is 0 Å². The van der Waals surface area contributed by atoms with E-state index < -0.39 is 0 Å². The predicted octanol–water partition coefficient (Wildman–Crippen LogP) is 3.73. The average molecular weight is 326 g/mol. The molecular weight excluding hydrogens is 300 g/mol. The molecule has 1 aromatic carbocycles. The Morgan fingerprint density at radius 3 is 2.58 bits per heavy atom. The number of hydrogen-bond acceptors (Lipinski definition) is 3. The maximum absolute atomic E-state index is 12.4. The van der Waals surface area contributed by atoms with Crippen molar-refractivity contribution in [3.8, 4) is 0 Å². The van der Waals surface area contributed by atoms with Crippen molar-refractivity contribution in [3.63, 3.8) is 0 Å². The predicted molar refractivity (Wildman–Crippen MR) is 94.7 cm³/mol. The number of hydrogen-bond donors (Lipinski definition) is 1. The van der Waals surface area contributed by atoms with Crippen LogP contribution in [0.4, 0.5) is 0 Å². The third-order valence-corrected chi connectivity index (χ3v) is 4.81. The Morgan fingerprint density at radius 2 is 1.92 bits per heavy atom. The normalized spacial score (nSPS) is 17.5. The number of carbonyl (C=O) groups is 1. The second-order valence-corrected chi connectivity index (χ2v) is 6.59. The molecule has 1 aliphatic heterocycles. The molecule has 2 unspecified atom stereocenters. The lowest BCUT2D eigenvalue weighted by atomic mass is 9.97. The van der Waals surface area contributed by atoms with E-state index in [2.05, 4.69) is 29.3 Å². The van der Waals surface area contributed by atoms with Gasteiger partial charge in [0.05, 0.1) is 12.3 Å². The third kappa shape index (κ3) is 4.26. The molecule has 0 bridgehead atoms. The Morgan fingerprint density at radius 1 is 1.17 bits per heavy atom. The van der Waals surface area contributed by atoms with Crippen LogP contribution in [0.5, 0.6) is 0 Å². The van der Waals surface area contributed by atoms with Crippen LogP contribution >= 0.6 is 0 Å². The van der Waals surface area contributed by atoms with Crippen LogP contribution in [-0.4, -0.2) is 30.4 Å². The minimum absolute atomic E-state index is 0.0992. The van der Waals surface area contributed by atoms with E-state index in [9.17, 15) is 4.79 Å². The van der Waals surface area contributed by atoms with Crippen LogP contribution in [0, 0.1) is 0 Å². The van der Waals surface area contributed by atoms with Gasteiger partial charge in [-0.2, -0.15) is 0 Å². The zero-order valence-corrected chi connectivity index (χ0v) is 14.3. The molecule has 1 saturated heterocycles. The summed E-state index contributed by atoms with van der Waals surface area (Å²) in [6, 6.07) is 14.2. The fourth-order valence-electron chi connectivity index (χ4n) is 3.40. The van der Waals surface area contributed by atoms with Crippen LogP contribution in [0.3, 0.4) is 0 Å². The first-order valence-electron chi connectivity index (χ1n) is 8.83.